The van der Waals surface area contributed by atoms with Crippen molar-refractivity contribution in [3.05, 3.63) is 76.0 Å². The number of aromatic nitrogens is 1. The number of benzene rings is 2. The Morgan fingerprint density at radius 3 is 2.37 bits per heavy atom. The van der Waals surface area contributed by atoms with Crippen molar-refractivity contribution in [3.63, 3.8) is 0 Å². The topological polar surface area (TPSA) is 84.2 Å². The molecule has 1 heterocycles. The van der Waals surface area contributed by atoms with Crippen LogP contribution in [0.2, 0.25) is 5.02 Å². The second-order valence-corrected chi connectivity index (χ2v) is 5.85. The van der Waals surface area contributed by atoms with Gasteiger partial charge in [0.15, 0.2) is 0 Å². The van der Waals surface area contributed by atoms with E-state index in [-0.39, 0.29) is 33.2 Å². The van der Waals surface area contributed by atoms with Crippen molar-refractivity contribution in [2.75, 3.05) is 0 Å². The van der Waals surface area contributed by atoms with E-state index in [1.165, 1.54) is 37.3 Å². The average molecular weight is 392 g/mol. The van der Waals surface area contributed by atoms with Gasteiger partial charge in [-0.2, -0.15) is 0 Å². The Morgan fingerprint density at radius 1 is 1.00 bits per heavy atom. The third-order valence-electron chi connectivity index (χ3n) is 3.70. The zero-order valence-corrected chi connectivity index (χ0v) is 14.6. The highest BCUT2D eigenvalue weighted by atomic mass is 35.5. The van der Waals surface area contributed by atoms with E-state index < -0.39 is 23.4 Å². The lowest BCUT2D eigenvalue weighted by Crippen LogP contribution is -2.42. The van der Waals surface area contributed by atoms with Crippen molar-refractivity contribution in [2.24, 2.45) is 0 Å². The average Bonchev–Trinajstić information content (AvgIpc) is 3.01. The molecule has 2 aromatic carbocycles. The summed E-state index contributed by atoms with van der Waals surface area (Å²) in [6.07, 6.45) is 0. The minimum absolute atomic E-state index is 0.0349. The molecular formula is C18H12ClF2N3O3. The number of nitrogens with zero attached hydrogens (tertiary/aromatic N) is 1. The van der Waals surface area contributed by atoms with Gasteiger partial charge >= 0.3 is 0 Å². The van der Waals surface area contributed by atoms with E-state index in [0.717, 1.165) is 12.1 Å². The highest BCUT2D eigenvalue weighted by Gasteiger charge is 2.26. The number of hydrogen-bond donors (Lipinski definition) is 2. The maximum Gasteiger partial charge on any atom is 0.275 e. The van der Waals surface area contributed by atoms with Gasteiger partial charge in [0, 0.05) is 0 Å². The first-order chi connectivity index (χ1) is 12.9. The van der Waals surface area contributed by atoms with Gasteiger partial charge in [-0.1, -0.05) is 35.0 Å². The summed E-state index contributed by atoms with van der Waals surface area (Å²) in [5, 5.41) is 3.73. The van der Waals surface area contributed by atoms with E-state index in [1.807, 2.05) is 0 Å². The fraction of sp³-hybridized carbons (Fsp3) is 0.0556. The summed E-state index contributed by atoms with van der Waals surface area (Å²) < 4.78 is 32.8. The number of hydrazine groups is 1. The Kier molecular flexibility index (Phi) is 5.18. The molecule has 138 valence electrons. The molecule has 0 saturated heterocycles. The molecule has 27 heavy (non-hydrogen) atoms. The molecule has 0 aliphatic rings. The molecule has 0 fully saturated rings. The highest BCUT2D eigenvalue weighted by Crippen LogP contribution is 2.33. The number of nitrogens with one attached hydrogen (secondary N) is 2. The van der Waals surface area contributed by atoms with Gasteiger partial charge in [0.2, 0.25) is 0 Å². The van der Waals surface area contributed by atoms with Gasteiger partial charge in [0.1, 0.15) is 28.7 Å². The number of rotatable bonds is 3. The lowest BCUT2D eigenvalue weighted by Gasteiger charge is -2.09. The van der Waals surface area contributed by atoms with Gasteiger partial charge in [0.05, 0.1) is 16.1 Å². The lowest BCUT2D eigenvalue weighted by molar-refractivity contribution is 0.0843. The van der Waals surface area contributed by atoms with Gasteiger partial charge in [-0.05, 0) is 31.2 Å². The predicted molar refractivity (Wildman–Crippen MR) is 93.0 cm³/mol. The monoisotopic (exact) mass is 391 g/mol. The number of carbonyl (C=O) groups is 2. The lowest BCUT2D eigenvalue weighted by atomic mass is 10.1. The van der Waals surface area contributed by atoms with Gasteiger partial charge in [0.25, 0.3) is 11.8 Å². The van der Waals surface area contributed by atoms with Crippen LogP contribution < -0.4 is 10.9 Å². The van der Waals surface area contributed by atoms with E-state index in [9.17, 15) is 18.4 Å². The van der Waals surface area contributed by atoms with E-state index in [2.05, 4.69) is 16.0 Å². The fourth-order valence-corrected chi connectivity index (χ4v) is 2.68. The molecule has 0 aliphatic carbocycles. The molecule has 0 radical (unpaired) electrons. The van der Waals surface area contributed by atoms with Gasteiger partial charge in [-0.15, -0.1) is 0 Å². The third kappa shape index (κ3) is 3.65. The second-order valence-electron chi connectivity index (χ2n) is 5.45. The van der Waals surface area contributed by atoms with Crippen LogP contribution in [0.4, 0.5) is 8.78 Å². The maximum atomic E-state index is 14.2. The molecule has 6 nitrogen and oxygen atoms in total. The Hall–Kier alpha value is -3.26. The Labute approximate surface area is 157 Å². The van der Waals surface area contributed by atoms with Gasteiger partial charge in [-0.3, -0.25) is 20.4 Å². The Balaban J connectivity index is 1.85. The molecule has 0 atom stereocenters. The van der Waals surface area contributed by atoms with Gasteiger partial charge < -0.3 is 4.52 Å². The van der Waals surface area contributed by atoms with Crippen molar-refractivity contribution < 1.29 is 22.9 Å². The zero-order chi connectivity index (χ0) is 19.6. The highest BCUT2D eigenvalue weighted by molar-refractivity contribution is 6.33. The number of carbonyl (C=O) groups excluding carboxylic acids is 2. The number of amides is 2. The first kappa shape index (κ1) is 18.5. The molecule has 0 unspecified atom stereocenters. The number of halogens is 3. The fourth-order valence-electron chi connectivity index (χ4n) is 2.42. The smallest absolute Gasteiger partial charge is 0.275 e. The van der Waals surface area contributed by atoms with Crippen LogP contribution in [0, 0.1) is 18.6 Å². The molecule has 2 amide bonds. The predicted octanol–water partition coefficient (Wildman–Crippen LogP) is 3.66. The molecule has 1 aromatic heterocycles. The molecule has 3 aromatic rings. The van der Waals surface area contributed by atoms with Crippen LogP contribution in [0.1, 0.15) is 26.5 Å². The Morgan fingerprint density at radius 2 is 1.67 bits per heavy atom. The number of hydrogen-bond acceptors (Lipinski definition) is 4. The summed E-state index contributed by atoms with van der Waals surface area (Å²) in [6.45, 7) is 1.44. The quantitative estimate of drug-likeness (QED) is 0.667. The van der Waals surface area contributed by atoms with Crippen LogP contribution in [0.5, 0.6) is 0 Å². The molecule has 3 rings (SSSR count). The number of aryl methyl sites for hydroxylation is 1. The van der Waals surface area contributed by atoms with Crippen molar-refractivity contribution in [1.82, 2.24) is 16.0 Å². The van der Waals surface area contributed by atoms with Crippen LogP contribution in [-0.2, 0) is 0 Å². The molecule has 0 saturated carbocycles. The normalized spacial score (nSPS) is 10.5. The van der Waals surface area contributed by atoms with Crippen molar-refractivity contribution in [3.8, 4) is 11.3 Å². The Bertz CT molecular complexity index is 1020. The van der Waals surface area contributed by atoms with Crippen LogP contribution in [0.3, 0.4) is 0 Å². The molecule has 2 N–H and O–H groups in total. The van der Waals surface area contributed by atoms with Crippen LogP contribution in [-0.4, -0.2) is 17.0 Å². The first-order valence-electron chi connectivity index (χ1n) is 7.66. The summed E-state index contributed by atoms with van der Waals surface area (Å²) in [5.74, 6) is -3.04. The molecule has 0 aliphatic heterocycles. The van der Waals surface area contributed by atoms with Crippen LogP contribution in [0.15, 0.2) is 47.0 Å². The maximum absolute atomic E-state index is 14.2. The standard InChI is InChI=1S/C18H12ClF2N3O3/c1-9-14(16(24-27-9)15-11(19)6-4-8-13(15)21)18(26)23-22-17(25)10-5-2-3-7-12(10)20/h2-8H,1H3,(H,22,25)(H,23,26). The van der Waals surface area contributed by atoms with Crippen molar-refractivity contribution >= 4 is 23.4 Å². The summed E-state index contributed by atoms with van der Waals surface area (Å²) >= 11 is 6.01. The van der Waals surface area contributed by atoms with Crippen LogP contribution >= 0.6 is 11.6 Å². The SMILES string of the molecule is Cc1onc(-c2c(F)cccc2Cl)c1C(=O)NNC(=O)c1ccccc1F. The van der Waals surface area contributed by atoms with Gasteiger partial charge in [-0.25, -0.2) is 8.78 Å². The summed E-state index contributed by atoms with van der Waals surface area (Å²) in [6, 6.07) is 9.27. The second kappa shape index (κ2) is 7.55. The minimum Gasteiger partial charge on any atom is -0.360 e. The zero-order valence-electron chi connectivity index (χ0n) is 13.8. The molecule has 0 spiro atoms. The molecule has 0 bridgehead atoms. The minimum atomic E-state index is -0.860. The third-order valence-corrected chi connectivity index (χ3v) is 4.01. The van der Waals surface area contributed by atoms with E-state index >= 15 is 0 Å². The molecular weight excluding hydrogens is 380 g/mol. The van der Waals surface area contributed by atoms with E-state index in [1.54, 1.807) is 0 Å². The molecule has 9 heteroatoms. The summed E-state index contributed by atoms with van der Waals surface area (Å²) in [7, 11) is 0. The summed E-state index contributed by atoms with van der Waals surface area (Å²) in [4.78, 5) is 24.5. The van der Waals surface area contributed by atoms with E-state index in [4.69, 9.17) is 16.1 Å². The van der Waals surface area contributed by atoms with Crippen LogP contribution in [0.25, 0.3) is 11.3 Å². The first-order valence-corrected chi connectivity index (χ1v) is 8.03. The largest absolute Gasteiger partial charge is 0.360 e. The van der Waals surface area contributed by atoms with Crippen molar-refractivity contribution in [1.29, 1.82) is 0 Å². The summed E-state index contributed by atoms with van der Waals surface area (Å²) in [5.41, 5.74) is 3.62. The van der Waals surface area contributed by atoms with E-state index in [0.29, 0.717) is 0 Å². The van der Waals surface area contributed by atoms with Crippen molar-refractivity contribution in [2.45, 2.75) is 6.92 Å².